The minimum absolute atomic E-state index is 0.00897. The number of nitrogens with one attached hydrogen (secondary N) is 1. The van der Waals surface area contributed by atoms with Crippen LogP contribution in [0, 0.1) is 0 Å². The standard InChI is InChI=1S/C16H20N4O/c1-19(2)14-5-3-12(4-6-14)16(21)18-13-7-9-20-10-8-17-15(20)11-13/h3-6,8,10,13H,7,9,11H2,1-2H3,(H,18,21). The van der Waals surface area contributed by atoms with Crippen LogP contribution in [0.2, 0.25) is 0 Å². The fourth-order valence-corrected chi connectivity index (χ4v) is 2.65. The smallest absolute Gasteiger partial charge is 0.251 e. The second-order valence-electron chi connectivity index (χ2n) is 5.64. The van der Waals surface area contributed by atoms with Gasteiger partial charge in [-0.15, -0.1) is 0 Å². The van der Waals surface area contributed by atoms with Crippen LogP contribution >= 0.6 is 0 Å². The summed E-state index contributed by atoms with van der Waals surface area (Å²) in [6.45, 7) is 0.917. The molecule has 2 aromatic rings. The lowest BCUT2D eigenvalue weighted by Gasteiger charge is -2.24. The summed E-state index contributed by atoms with van der Waals surface area (Å²) in [5.74, 6) is 1.04. The summed E-state index contributed by atoms with van der Waals surface area (Å²) in [4.78, 5) is 18.6. The van der Waals surface area contributed by atoms with Crippen LogP contribution in [0.15, 0.2) is 36.7 Å². The first-order valence-corrected chi connectivity index (χ1v) is 7.22. The molecule has 1 aromatic carbocycles. The third kappa shape index (κ3) is 2.91. The molecule has 110 valence electrons. The van der Waals surface area contributed by atoms with E-state index >= 15 is 0 Å². The number of anilines is 1. The molecule has 3 rings (SSSR count). The summed E-state index contributed by atoms with van der Waals surface area (Å²) in [7, 11) is 3.97. The second kappa shape index (κ2) is 5.60. The molecule has 1 aromatic heterocycles. The molecule has 1 aliphatic rings. The highest BCUT2D eigenvalue weighted by molar-refractivity contribution is 5.94. The zero-order valence-electron chi connectivity index (χ0n) is 12.4. The molecule has 5 nitrogen and oxygen atoms in total. The molecule has 0 saturated heterocycles. The molecule has 0 fully saturated rings. The lowest BCUT2D eigenvalue weighted by atomic mass is 10.1. The number of hydrogen-bond acceptors (Lipinski definition) is 3. The lowest BCUT2D eigenvalue weighted by Crippen LogP contribution is -2.40. The Morgan fingerprint density at radius 3 is 2.81 bits per heavy atom. The predicted molar refractivity (Wildman–Crippen MR) is 82.6 cm³/mol. The molecular weight excluding hydrogens is 264 g/mol. The molecule has 0 saturated carbocycles. The van der Waals surface area contributed by atoms with Crippen molar-refractivity contribution in [1.29, 1.82) is 0 Å². The summed E-state index contributed by atoms with van der Waals surface area (Å²) >= 11 is 0. The molecule has 21 heavy (non-hydrogen) atoms. The molecule has 1 unspecified atom stereocenters. The SMILES string of the molecule is CN(C)c1ccc(C(=O)NC2CCn3ccnc3C2)cc1. The Balaban J connectivity index is 1.64. The summed E-state index contributed by atoms with van der Waals surface area (Å²) in [6, 6.07) is 7.83. The van der Waals surface area contributed by atoms with Crippen LogP contribution < -0.4 is 10.2 Å². The number of aromatic nitrogens is 2. The van der Waals surface area contributed by atoms with E-state index in [1.807, 2.05) is 55.7 Å². The number of rotatable bonds is 3. The van der Waals surface area contributed by atoms with Gasteiger partial charge in [-0.25, -0.2) is 4.98 Å². The largest absolute Gasteiger partial charge is 0.378 e. The number of carbonyl (C=O) groups excluding carboxylic acids is 1. The molecule has 2 heterocycles. The van der Waals surface area contributed by atoms with Gasteiger partial charge in [0.1, 0.15) is 5.82 Å². The summed E-state index contributed by atoms with van der Waals surface area (Å²) in [5, 5.41) is 3.11. The van der Waals surface area contributed by atoms with Gasteiger partial charge < -0.3 is 14.8 Å². The van der Waals surface area contributed by atoms with E-state index in [0.29, 0.717) is 5.56 Å². The molecule has 0 bridgehead atoms. The van der Waals surface area contributed by atoms with Crippen LogP contribution in [0.25, 0.3) is 0 Å². The topological polar surface area (TPSA) is 50.2 Å². The fourth-order valence-electron chi connectivity index (χ4n) is 2.65. The minimum Gasteiger partial charge on any atom is -0.378 e. The highest BCUT2D eigenvalue weighted by atomic mass is 16.1. The van der Waals surface area contributed by atoms with Crippen LogP contribution in [0.3, 0.4) is 0 Å². The van der Waals surface area contributed by atoms with Crippen molar-refractivity contribution in [2.24, 2.45) is 0 Å². The number of nitrogens with zero attached hydrogens (tertiary/aromatic N) is 3. The molecule has 1 N–H and O–H groups in total. The van der Waals surface area contributed by atoms with Crippen LogP contribution in [0.5, 0.6) is 0 Å². The Morgan fingerprint density at radius 1 is 1.33 bits per heavy atom. The number of hydrogen-bond donors (Lipinski definition) is 1. The third-order valence-corrected chi connectivity index (χ3v) is 3.93. The van der Waals surface area contributed by atoms with Crippen molar-refractivity contribution in [2.75, 3.05) is 19.0 Å². The first-order valence-electron chi connectivity index (χ1n) is 7.22. The van der Waals surface area contributed by atoms with Crippen molar-refractivity contribution >= 4 is 11.6 Å². The summed E-state index contributed by atoms with van der Waals surface area (Å²) < 4.78 is 2.15. The zero-order valence-corrected chi connectivity index (χ0v) is 12.4. The highest BCUT2D eigenvalue weighted by Gasteiger charge is 2.21. The van der Waals surface area contributed by atoms with Crippen LogP contribution in [-0.2, 0) is 13.0 Å². The molecule has 0 radical (unpaired) electrons. The molecule has 0 spiro atoms. The normalized spacial score (nSPS) is 17.1. The van der Waals surface area contributed by atoms with Crippen molar-refractivity contribution in [1.82, 2.24) is 14.9 Å². The second-order valence-corrected chi connectivity index (χ2v) is 5.64. The molecule has 1 amide bonds. The first-order chi connectivity index (χ1) is 10.1. The predicted octanol–water partition coefficient (Wildman–Crippen LogP) is 1.69. The van der Waals surface area contributed by atoms with E-state index in [1.165, 1.54) is 0 Å². The Hall–Kier alpha value is -2.30. The van der Waals surface area contributed by atoms with Gasteiger partial charge in [0.2, 0.25) is 0 Å². The Labute approximate surface area is 124 Å². The number of aryl methyl sites for hydroxylation is 1. The average molecular weight is 284 g/mol. The van der Waals surface area contributed by atoms with Crippen molar-refractivity contribution in [3.63, 3.8) is 0 Å². The van der Waals surface area contributed by atoms with E-state index < -0.39 is 0 Å². The van der Waals surface area contributed by atoms with E-state index in [2.05, 4.69) is 14.9 Å². The average Bonchev–Trinajstić information content (AvgIpc) is 2.95. The monoisotopic (exact) mass is 284 g/mol. The van der Waals surface area contributed by atoms with Crippen molar-refractivity contribution in [3.8, 4) is 0 Å². The van der Waals surface area contributed by atoms with Crippen LogP contribution in [-0.4, -0.2) is 35.6 Å². The lowest BCUT2D eigenvalue weighted by molar-refractivity contribution is 0.0930. The fraction of sp³-hybridized carbons (Fsp3) is 0.375. The van der Waals surface area contributed by atoms with Crippen molar-refractivity contribution in [3.05, 3.63) is 48.0 Å². The Kier molecular flexibility index (Phi) is 3.64. The maximum atomic E-state index is 12.3. The Morgan fingerprint density at radius 2 is 2.10 bits per heavy atom. The van der Waals surface area contributed by atoms with E-state index in [1.54, 1.807) is 0 Å². The zero-order chi connectivity index (χ0) is 14.8. The molecule has 0 aliphatic carbocycles. The van der Waals surface area contributed by atoms with E-state index in [0.717, 1.165) is 30.9 Å². The van der Waals surface area contributed by atoms with Crippen molar-refractivity contribution < 1.29 is 4.79 Å². The Bertz CT molecular complexity index is 630. The van der Waals surface area contributed by atoms with Crippen LogP contribution in [0.4, 0.5) is 5.69 Å². The number of benzene rings is 1. The van der Waals surface area contributed by atoms with E-state index in [9.17, 15) is 4.79 Å². The van der Waals surface area contributed by atoms with Gasteiger partial charge >= 0.3 is 0 Å². The summed E-state index contributed by atoms with van der Waals surface area (Å²) in [5.41, 5.74) is 1.79. The summed E-state index contributed by atoms with van der Waals surface area (Å²) in [6.07, 6.45) is 5.56. The minimum atomic E-state index is -0.00897. The van der Waals surface area contributed by atoms with E-state index in [-0.39, 0.29) is 11.9 Å². The highest BCUT2D eigenvalue weighted by Crippen LogP contribution is 2.15. The van der Waals surface area contributed by atoms with Gasteiger partial charge in [0.15, 0.2) is 0 Å². The van der Waals surface area contributed by atoms with Crippen LogP contribution in [0.1, 0.15) is 22.6 Å². The quantitative estimate of drug-likeness (QED) is 0.933. The third-order valence-electron chi connectivity index (χ3n) is 3.93. The molecule has 1 aliphatic heterocycles. The maximum absolute atomic E-state index is 12.3. The number of carbonyl (C=O) groups is 1. The molecular formula is C16H20N4O. The van der Waals surface area contributed by atoms with Gasteiger partial charge in [0.05, 0.1) is 0 Å². The van der Waals surface area contributed by atoms with Gasteiger partial charge in [-0.1, -0.05) is 0 Å². The van der Waals surface area contributed by atoms with Gasteiger partial charge in [0.25, 0.3) is 5.91 Å². The van der Waals surface area contributed by atoms with Gasteiger partial charge in [0, 0.05) is 56.7 Å². The van der Waals surface area contributed by atoms with Crippen molar-refractivity contribution in [2.45, 2.75) is 25.4 Å². The number of amides is 1. The maximum Gasteiger partial charge on any atom is 0.251 e. The number of imidazole rings is 1. The van der Waals surface area contributed by atoms with Gasteiger partial charge in [-0.3, -0.25) is 4.79 Å². The molecule has 5 heteroatoms. The van der Waals surface area contributed by atoms with Gasteiger partial charge in [-0.2, -0.15) is 0 Å². The van der Waals surface area contributed by atoms with E-state index in [4.69, 9.17) is 0 Å². The molecule has 1 atom stereocenters. The van der Waals surface area contributed by atoms with Gasteiger partial charge in [-0.05, 0) is 30.7 Å². The number of fused-ring (bicyclic) bond motifs is 1. The first kappa shape index (κ1) is 13.7.